The fraction of sp³-hybridized carbons (Fsp3) is 0.276. The van der Waals surface area contributed by atoms with Crippen molar-refractivity contribution >= 4 is 41.4 Å². The molecule has 2 aliphatic rings. The van der Waals surface area contributed by atoms with Gasteiger partial charge in [-0.25, -0.2) is 14.5 Å². The molecule has 0 saturated heterocycles. The molecule has 0 fully saturated rings. The quantitative estimate of drug-likeness (QED) is 0.332. The van der Waals surface area contributed by atoms with Gasteiger partial charge in [-0.3, -0.25) is 4.90 Å². The lowest BCUT2D eigenvalue weighted by Crippen LogP contribution is -2.43. The van der Waals surface area contributed by atoms with Gasteiger partial charge in [-0.2, -0.15) is 5.10 Å². The van der Waals surface area contributed by atoms with E-state index in [0.29, 0.717) is 48.4 Å². The highest BCUT2D eigenvalue weighted by Gasteiger charge is 2.36. The molecule has 11 heteroatoms. The average Bonchev–Trinajstić information content (AvgIpc) is 3.61. The summed E-state index contributed by atoms with van der Waals surface area (Å²) in [6.07, 6.45) is 8.28. The Morgan fingerprint density at radius 3 is 2.80 bits per heavy atom. The maximum absolute atomic E-state index is 13.6. The average molecular weight is 580 g/mol. The van der Waals surface area contributed by atoms with E-state index in [2.05, 4.69) is 27.2 Å². The number of nitrogens with one attached hydrogen (secondary N) is 1. The number of H-pyrrole nitrogens is 1. The van der Waals surface area contributed by atoms with Gasteiger partial charge < -0.3 is 19.2 Å². The van der Waals surface area contributed by atoms with E-state index in [-0.39, 0.29) is 5.38 Å². The van der Waals surface area contributed by atoms with Crippen LogP contribution in [0.1, 0.15) is 29.3 Å². The Balaban J connectivity index is 1.37. The molecule has 2 atom stereocenters. The molecule has 2 unspecified atom stereocenters. The second kappa shape index (κ2) is 11.3. The zero-order valence-electron chi connectivity index (χ0n) is 21.7. The number of carbonyl (C=O) groups excluding carboxylic acids is 1. The van der Waals surface area contributed by atoms with Gasteiger partial charge >= 0.3 is 6.09 Å². The SMILES string of the molecule is COc1ccc(C2c3[nH]c4c(c3CCN2C(=O)Oc2ccc(Cl)cc2)=CC(Cl)CC=4)cc1OCCn1cncn1. The van der Waals surface area contributed by atoms with Gasteiger partial charge in [0.1, 0.15) is 31.1 Å². The van der Waals surface area contributed by atoms with E-state index in [4.69, 9.17) is 37.4 Å². The first-order chi connectivity index (χ1) is 19.5. The minimum atomic E-state index is -0.460. The number of alkyl halides is 1. The van der Waals surface area contributed by atoms with E-state index in [1.54, 1.807) is 47.3 Å². The Morgan fingerprint density at radius 1 is 1.18 bits per heavy atom. The molecule has 6 rings (SSSR count). The van der Waals surface area contributed by atoms with Gasteiger partial charge in [0.05, 0.1) is 19.0 Å². The molecular formula is C29H27Cl2N5O4. The van der Waals surface area contributed by atoms with E-state index in [1.165, 1.54) is 6.33 Å². The fourth-order valence-electron chi connectivity index (χ4n) is 5.23. The van der Waals surface area contributed by atoms with Crippen molar-refractivity contribution in [1.29, 1.82) is 0 Å². The normalized spacial score (nSPS) is 17.7. The molecule has 206 valence electrons. The number of aromatic amines is 1. The molecule has 1 aliphatic carbocycles. The number of hydrogen-bond donors (Lipinski definition) is 1. The Morgan fingerprint density at radius 2 is 2.02 bits per heavy atom. The zero-order valence-corrected chi connectivity index (χ0v) is 23.2. The van der Waals surface area contributed by atoms with Gasteiger partial charge in [-0.1, -0.05) is 29.8 Å². The molecule has 9 nitrogen and oxygen atoms in total. The third-order valence-corrected chi connectivity index (χ3v) is 7.65. The van der Waals surface area contributed by atoms with Gasteiger partial charge in [0.15, 0.2) is 11.5 Å². The molecule has 0 bridgehead atoms. The van der Waals surface area contributed by atoms with E-state index in [1.807, 2.05) is 18.2 Å². The molecule has 1 aliphatic heterocycles. The van der Waals surface area contributed by atoms with Crippen molar-refractivity contribution in [1.82, 2.24) is 24.6 Å². The summed E-state index contributed by atoms with van der Waals surface area (Å²) in [5, 5.41) is 6.75. The third kappa shape index (κ3) is 5.26. The predicted octanol–water partition coefficient (Wildman–Crippen LogP) is 4.07. The van der Waals surface area contributed by atoms with Crippen molar-refractivity contribution in [2.75, 3.05) is 20.3 Å². The van der Waals surface area contributed by atoms with Crippen LogP contribution < -0.4 is 24.8 Å². The first-order valence-corrected chi connectivity index (χ1v) is 13.8. The van der Waals surface area contributed by atoms with E-state index >= 15 is 0 Å². The maximum Gasteiger partial charge on any atom is 0.416 e. The first-order valence-electron chi connectivity index (χ1n) is 12.9. The molecule has 0 spiro atoms. The molecule has 40 heavy (non-hydrogen) atoms. The van der Waals surface area contributed by atoms with Crippen LogP contribution in [0.2, 0.25) is 5.02 Å². The summed E-state index contributed by atoms with van der Waals surface area (Å²) in [7, 11) is 1.60. The van der Waals surface area contributed by atoms with Crippen molar-refractivity contribution in [3.63, 3.8) is 0 Å². The Kier molecular flexibility index (Phi) is 7.40. The van der Waals surface area contributed by atoms with Crippen molar-refractivity contribution in [2.45, 2.75) is 30.8 Å². The highest BCUT2D eigenvalue weighted by atomic mass is 35.5. The number of methoxy groups -OCH3 is 1. The molecule has 1 amide bonds. The van der Waals surface area contributed by atoms with Gasteiger partial charge in [-0.05, 0) is 60.4 Å². The summed E-state index contributed by atoms with van der Waals surface area (Å²) in [4.78, 5) is 22.9. The largest absolute Gasteiger partial charge is 0.493 e. The Bertz CT molecular complexity index is 1640. The van der Waals surface area contributed by atoms with Crippen LogP contribution in [0.5, 0.6) is 17.2 Å². The van der Waals surface area contributed by atoms with Crippen molar-refractivity contribution in [3.05, 3.63) is 87.5 Å². The molecule has 0 saturated carbocycles. The van der Waals surface area contributed by atoms with Gasteiger partial charge in [0.2, 0.25) is 0 Å². The highest BCUT2D eigenvalue weighted by molar-refractivity contribution is 6.30. The number of fused-ring (bicyclic) bond motifs is 3. The number of aromatic nitrogens is 4. The van der Waals surface area contributed by atoms with E-state index in [9.17, 15) is 4.79 Å². The summed E-state index contributed by atoms with van der Waals surface area (Å²) in [5.74, 6) is 1.57. The lowest BCUT2D eigenvalue weighted by molar-refractivity contribution is 0.135. The third-order valence-electron chi connectivity index (χ3n) is 7.09. The van der Waals surface area contributed by atoms with E-state index in [0.717, 1.165) is 33.8 Å². The minimum absolute atomic E-state index is 0.0651. The fourth-order valence-corrected chi connectivity index (χ4v) is 5.57. The number of nitrogens with zero attached hydrogens (tertiary/aromatic N) is 4. The molecular weight excluding hydrogens is 553 g/mol. The summed E-state index contributed by atoms with van der Waals surface area (Å²) in [6, 6.07) is 12.0. The van der Waals surface area contributed by atoms with Crippen LogP contribution in [0.4, 0.5) is 4.79 Å². The van der Waals surface area contributed by atoms with Gasteiger partial charge in [-0.15, -0.1) is 11.6 Å². The lowest BCUT2D eigenvalue weighted by Gasteiger charge is -2.35. The Labute approximate surface area is 240 Å². The van der Waals surface area contributed by atoms with Crippen LogP contribution in [0.3, 0.4) is 0 Å². The standard InChI is InChI=1S/C29H27Cl2N5O4/c1-38-25-9-2-18(14-26(25)39-13-12-35-17-32-16-33-35)28-27-22(23-15-20(31)5-8-24(23)34-27)10-11-36(28)29(37)40-21-6-3-19(30)4-7-21/h2-4,6-9,14-17,20,28,34H,5,10-13H2,1H3. The van der Waals surface area contributed by atoms with Crippen LogP contribution in [0, 0.1) is 0 Å². The molecule has 2 aromatic heterocycles. The number of halogens is 2. The number of benzene rings is 2. The zero-order chi connectivity index (χ0) is 27.6. The van der Waals surface area contributed by atoms with Crippen molar-refractivity contribution < 1.29 is 19.0 Å². The first kappa shape index (κ1) is 26.3. The van der Waals surface area contributed by atoms with Gasteiger partial charge in [0, 0.05) is 27.8 Å². The molecule has 4 aromatic rings. The number of carbonyl (C=O) groups is 1. The lowest BCUT2D eigenvalue weighted by atomic mass is 9.92. The second-order valence-electron chi connectivity index (χ2n) is 9.55. The molecule has 1 N–H and O–H groups in total. The predicted molar refractivity (Wildman–Crippen MR) is 151 cm³/mol. The highest BCUT2D eigenvalue weighted by Crippen LogP contribution is 2.38. The van der Waals surface area contributed by atoms with Crippen LogP contribution in [-0.2, 0) is 13.0 Å². The van der Waals surface area contributed by atoms with Crippen molar-refractivity contribution in [2.24, 2.45) is 0 Å². The summed E-state index contributed by atoms with van der Waals surface area (Å²) in [6.45, 7) is 1.35. The second-order valence-corrected chi connectivity index (χ2v) is 10.5. The number of ether oxygens (including phenoxy) is 3. The van der Waals surface area contributed by atoms with Crippen LogP contribution in [-0.4, -0.2) is 56.4 Å². The maximum atomic E-state index is 13.6. The topological polar surface area (TPSA) is 94.5 Å². The Hall–Kier alpha value is -3.95. The summed E-state index contributed by atoms with van der Waals surface area (Å²) in [5.41, 5.74) is 2.94. The van der Waals surface area contributed by atoms with E-state index < -0.39 is 12.1 Å². The molecule has 3 heterocycles. The number of hydrogen-bond acceptors (Lipinski definition) is 6. The summed E-state index contributed by atoms with van der Waals surface area (Å²) < 4.78 is 19.2. The smallest absolute Gasteiger partial charge is 0.416 e. The van der Waals surface area contributed by atoms with Crippen LogP contribution >= 0.6 is 23.2 Å². The van der Waals surface area contributed by atoms with Crippen LogP contribution in [0.25, 0.3) is 12.2 Å². The van der Waals surface area contributed by atoms with Crippen molar-refractivity contribution in [3.8, 4) is 17.2 Å². The summed E-state index contributed by atoms with van der Waals surface area (Å²) >= 11 is 12.5. The number of amides is 1. The molecule has 0 radical (unpaired) electrons. The number of rotatable bonds is 7. The monoisotopic (exact) mass is 579 g/mol. The molecule has 2 aromatic carbocycles. The minimum Gasteiger partial charge on any atom is -0.493 e. The van der Waals surface area contributed by atoms with Gasteiger partial charge in [0.25, 0.3) is 0 Å². The van der Waals surface area contributed by atoms with Crippen LogP contribution in [0.15, 0.2) is 55.1 Å².